The highest BCUT2D eigenvalue weighted by atomic mass is 19.4. The first kappa shape index (κ1) is 14.3. The van der Waals surface area contributed by atoms with Gasteiger partial charge in [0.15, 0.2) is 11.2 Å². The van der Waals surface area contributed by atoms with E-state index in [1.54, 1.807) is 13.8 Å². The minimum absolute atomic E-state index is 0.127. The molecular weight excluding hydrogens is 297 g/mol. The van der Waals surface area contributed by atoms with Crippen molar-refractivity contribution in [1.82, 2.24) is 19.5 Å². The van der Waals surface area contributed by atoms with Crippen molar-refractivity contribution in [2.75, 3.05) is 0 Å². The highest BCUT2D eigenvalue weighted by molar-refractivity contribution is 5.73. The Kier molecular flexibility index (Phi) is 3.05. The molecule has 0 aliphatic heterocycles. The van der Waals surface area contributed by atoms with Gasteiger partial charge in [-0.15, -0.1) is 0 Å². The Morgan fingerprint density at radius 3 is 2.59 bits per heavy atom. The van der Waals surface area contributed by atoms with E-state index in [9.17, 15) is 18.0 Å². The molecule has 114 valence electrons. The first-order chi connectivity index (χ1) is 10.3. The smallest absolute Gasteiger partial charge is 0.309 e. The molecule has 5 nitrogen and oxygen atoms in total. The Balaban J connectivity index is 2.32. The summed E-state index contributed by atoms with van der Waals surface area (Å²) in [5, 5.41) is 0. The van der Waals surface area contributed by atoms with Crippen molar-refractivity contribution in [1.29, 1.82) is 0 Å². The second-order valence-corrected chi connectivity index (χ2v) is 4.87. The zero-order chi connectivity index (χ0) is 16.1. The molecule has 1 aromatic carbocycles. The number of benzene rings is 1. The fourth-order valence-corrected chi connectivity index (χ4v) is 2.35. The number of alkyl halides is 3. The number of halogens is 3. The van der Waals surface area contributed by atoms with Crippen LogP contribution < -0.4 is 5.56 Å². The molecule has 1 N–H and O–H groups in total. The summed E-state index contributed by atoms with van der Waals surface area (Å²) in [6.45, 7) is 3.22. The Bertz CT molecular complexity index is 924. The summed E-state index contributed by atoms with van der Waals surface area (Å²) in [6, 6.07) is 4.74. The van der Waals surface area contributed by atoms with Crippen LogP contribution in [0, 0.1) is 13.8 Å². The first-order valence-electron chi connectivity index (χ1n) is 6.41. The lowest BCUT2D eigenvalue weighted by Gasteiger charge is -2.10. The molecule has 0 bridgehead atoms. The summed E-state index contributed by atoms with van der Waals surface area (Å²) in [5.74, 6) is 0.782. The maximum absolute atomic E-state index is 12.9. The van der Waals surface area contributed by atoms with Gasteiger partial charge in [-0.1, -0.05) is 6.07 Å². The van der Waals surface area contributed by atoms with Gasteiger partial charge in [0.05, 0.1) is 5.56 Å². The number of nitrogens with zero attached hydrogens (tertiary/aromatic N) is 3. The van der Waals surface area contributed by atoms with E-state index in [2.05, 4.69) is 15.0 Å². The Morgan fingerprint density at radius 1 is 1.18 bits per heavy atom. The van der Waals surface area contributed by atoms with E-state index in [1.807, 2.05) is 0 Å². The standard InChI is InChI=1S/C14H11F3N4O/c1-7-18-12-11(13(22)19-7)21(8(2)20-12)10-5-3-4-9(6-10)14(15,16)17/h3-6H,1-2H3,(H,18,19,22). The fraction of sp³-hybridized carbons (Fsp3) is 0.214. The van der Waals surface area contributed by atoms with Crippen LogP contribution in [0.5, 0.6) is 0 Å². The van der Waals surface area contributed by atoms with Crippen LogP contribution >= 0.6 is 0 Å². The number of fused-ring (bicyclic) bond motifs is 1. The molecule has 0 saturated heterocycles. The number of nitrogens with one attached hydrogen (secondary N) is 1. The van der Waals surface area contributed by atoms with Gasteiger partial charge in [-0.2, -0.15) is 13.2 Å². The van der Waals surface area contributed by atoms with E-state index >= 15 is 0 Å². The highest BCUT2D eigenvalue weighted by Gasteiger charge is 2.30. The van der Waals surface area contributed by atoms with E-state index in [-0.39, 0.29) is 16.9 Å². The molecule has 0 spiro atoms. The van der Waals surface area contributed by atoms with E-state index in [0.717, 1.165) is 12.1 Å². The van der Waals surface area contributed by atoms with Crippen LogP contribution in [0.4, 0.5) is 13.2 Å². The average Bonchev–Trinajstić information content (AvgIpc) is 2.74. The average molecular weight is 308 g/mol. The van der Waals surface area contributed by atoms with Gasteiger partial charge in [0, 0.05) is 5.69 Å². The van der Waals surface area contributed by atoms with Crippen LogP contribution in [0.1, 0.15) is 17.2 Å². The minimum Gasteiger partial charge on any atom is -0.309 e. The highest BCUT2D eigenvalue weighted by Crippen LogP contribution is 2.31. The zero-order valence-corrected chi connectivity index (χ0v) is 11.7. The van der Waals surface area contributed by atoms with Crippen LogP contribution in [0.25, 0.3) is 16.9 Å². The van der Waals surface area contributed by atoms with Crippen molar-refractivity contribution in [3.63, 3.8) is 0 Å². The van der Waals surface area contributed by atoms with Gasteiger partial charge in [0.1, 0.15) is 11.6 Å². The second-order valence-electron chi connectivity index (χ2n) is 4.87. The SMILES string of the molecule is Cc1nc2nc(C)n(-c3cccc(C(F)(F)F)c3)c2c(=O)[nH]1. The molecule has 0 aliphatic carbocycles. The van der Waals surface area contributed by atoms with Crippen molar-refractivity contribution >= 4 is 11.2 Å². The lowest BCUT2D eigenvalue weighted by molar-refractivity contribution is -0.137. The monoisotopic (exact) mass is 308 g/mol. The molecule has 3 rings (SSSR count). The predicted octanol–water partition coefficient (Wildman–Crippen LogP) is 2.74. The number of aryl methyl sites for hydroxylation is 2. The number of hydrogen-bond acceptors (Lipinski definition) is 3. The van der Waals surface area contributed by atoms with Gasteiger partial charge in [0.25, 0.3) is 5.56 Å². The van der Waals surface area contributed by atoms with Gasteiger partial charge >= 0.3 is 6.18 Å². The van der Waals surface area contributed by atoms with E-state index in [1.165, 1.54) is 16.7 Å². The number of imidazole rings is 1. The molecular formula is C14H11F3N4O. The van der Waals surface area contributed by atoms with E-state index in [0.29, 0.717) is 11.6 Å². The van der Waals surface area contributed by atoms with Crippen LogP contribution in [-0.4, -0.2) is 19.5 Å². The second kappa shape index (κ2) is 4.69. The van der Waals surface area contributed by atoms with Crippen LogP contribution in [0.3, 0.4) is 0 Å². The fourth-order valence-electron chi connectivity index (χ4n) is 2.35. The molecule has 0 radical (unpaired) electrons. The van der Waals surface area contributed by atoms with Crippen molar-refractivity contribution in [2.24, 2.45) is 0 Å². The Labute approximate surface area is 122 Å². The summed E-state index contributed by atoms with van der Waals surface area (Å²) in [5.41, 5.74) is -0.687. The third-order valence-electron chi connectivity index (χ3n) is 3.24. The molecule has 0 saturated carbocycles. The van der Waals surface area contributed by atoms with Crippen molar-refractivity contribution < 1.29 is 13.2 Å². The Morgan fingerprint density at radius 2 is 1.91 bits per heavy atom. The van der Waals surface area contributed by atoms with Crippen molar-refractivity contribution in [3.05, 3.63) is 51.8 Å². The molecule has 0 atom stereocenters. The van der Waals surface area contributed by atoms with Crippen molar-refractivity contribution in [2.45, 2.75) is 20.0 Å². The molecule has 3 aromatic rings. The third-order valence-corrected chi connectivity index (χ3v) is 3.24. The number of aromatic nitrogens is 4. The largest absolute Gasteiger partial charge is 0.416 e. The number of hydrogen-bond donors (Lipinski definition) is 1. The van der Waals surface area contributed by atoms with Crippen LogP contribution in [-0.2, 0) is 6.18 Å². The zero-order valence-electron chi connectivity index (χ0n) is 11.7. The van der Waals surface area contributed by atoms with E-state index < -0.39 is 17.3 Å². The molecule has 0 unspecified atom stereocenters. The maximum atomic E-state index is 12.9. The molecule has 2 aromatic heterocycles. The van der Waals surface area contributed by atoms with E-state index in [4.69, 9.17) is 0 Å². The van der Waals surface area contributed by atoms with Crippen molar-refractivity contribution in [3.8, 4) is 5.69 Å². The molecule has 22 heavy (non-hydrogen) atoms. The lowest BCUT2D eigenvalue weighted by atomic mass is 10.2. The lowest BCUT2D eigenvalue weighted by Crippen LogP contribution is -2.14. The normalized spacial score (nSPS) is 12.0. The molecule has 0 amide bonds. The molecule has 2 heterocycles. The van der Waals surface area contributed by atoms with Gasteiger partial charge in [-0.3, -0.25) is 9.36 Å². The topological polar surface area (TPSA) is 63.6 Å². The summed E-state index contributed by atoms with van der Waals surface area (Å²) >= 11 is 0. The van der Waals surface area contributed by atoms with Gasteiger partial charge in [-0.05, 0) is 32.0 Å². The molecule has 8 heteroatoms. The summed E-state index contributed by atoms with van der Waals surface area (Å²) < 4.78 is 39.9. The third kappa shape index (κ3) is 2.26. The summed E-state index contributed by atoms with van der Waals surface area (Å²) in [4.78, 5) is 22.9. The predicted molar refractivity (Wildman–Crippen MR) is 74.0 cm³/mol. The maximum Gasteiger partial charge on any atom is 0.416 e. The quantitative estimate of drug-likeness (QED) is 0.752. The number of aromatic amines is 1. The molecule has 0 aliphatic rings. The van der Waals surface area contributed by atoms with Gasteiger partial charge in [-0.25, -0.2) is 9.97 Å². The first-order valence-corrected chi connectivity index (χ1v) is 6.41. The van der Waals surface area contributed by atoms with Crippen LogP contribution in [0.15, 0.2) is 29.1 Å². The number of H-pyrrole nitrogens is 1. The number of rotatable bonds is 1. The molecule has 0 fully saturated rings. The van der Waals surface area contributed by atoms with Crippen LogP contribution in [0.2, 0.25) is 0 Å². The summed E-state index contributed by atoms with van der Waals surface area (Å²) in [7, 11) is 0. The summed E-state index contributed by atoms with van der Waals surface area (Å²) in [6.07, 6.45) is -4.46. The van der Waals surface area contributed by atoms with Gasteiger partial charge < -0.3 is 4.98 Å². The Hall–Kier alpha value is -2.64. The minimum atomic E-state index is -4.46. The van der Waals surface area contributed by atoms with Gasteiger partial charge in [0.2, 0.25) is 0 Å².